The maximum absolute atomic E-state index is 12.4. The summed E-state index contributed by atoms with van der Waals surface area (Å²) >= 11 is 0. The smallest absolute Gasteiger partial charge is 0.255 e. The number of amides is 2. The Morgan fingerprint density at radius 3 is 2.67 bits per heavy atom. The van der Waals surface area contributed by atoms with Gasteiger partial charge in [0.25, 0.3) is 5.91 Å². The molecule has 27 heavy (non-hydrogen) atoms. The molecule has 1 aliphatic rings. The molecule has 1 N–H and O–H groups in total. The van der Waals surface area contributed by atoms with Crippen LogP contribution in [0.5, 0.6) is 5.75 Å². The number of piperidine rings is 1. The highest BCUT2D eigenvalue weighted by atomic mass is 16.5. The van der Waals surface area contributed by atoms with Crippen LogP contribution in [-0.2, 0) is 4.79 Å². The number of nitrogens with zero attached hydrogens (tertiary/aromatic N) is 1. The van der Waals surface area contributed by atoms with Crippen LogP contribution in [0, 0.1) is 11.8 Å². The lowest BCUT2D eigenvalue weighted by Gasteiger charge is -2.33. The van der Waals surface area contributed by atoms with Crippen molar-refractivity contribution in [3.05, 3.63) is 29.8 Å². The molecule has 1 aromatic rings. The van der Waals surface area contributed by atoms with Gasteiger partial charge >= 0.3 is 0 Å². The summed E-state index contributed by atoms with van der Waals surface area (Å²) in [6.45, 7) is 10.3. The standard InChI is InChI=1S/C22H34N2O3/c1-16(2)11-12-21(25)24-13-7-8-18(14-24)15-27-20-10-6-5-9-19(20)22(26)23-17(3)4/h5-6,9-10,16-18H,7-8,11-15H2,1-4H3,(H,23,26). The second-order valence-corrected chi connectivity index (χ2v) is 8.22. The fraction of sp³-hybridized carbons (Fsp3) is 0.636. The van der Waals surface area contributed by atoms with E-state index < -0.39 is 0 Å². The Balaban J connectivity index is 1.91. The Labute approximate surface area is 163 Å². The van der Waals surface area contributed by atoms with Crippen molar-refractivity contribution in [3.63, 3.8) is 0 Å². The summed E-state index contributed by atoms with van der Waals surface area (Å²) in [6, 6.07) is 7.43. The number of benzene rings is 1. The first-order chi connectivity index (χ1) is 12.9. The van der Waals surface area contributed by atoms with Crippen molar-refractivity contribution in [1.82, 2.24) is 10.2 Å². The molecule has 2 amide bonds. The van der Waals surface area contributed by atoms with E-state index in [0.717, 1.165) is 32.4 Å². The van der Waals surface area contributed by atoms with E-state index >= 15 is 0 Å². The molecule has 0 radical (unpaired) electrons. The van der Waals surface area contributed by atoms with Crippen molar-refractivity contribution in [2.24, 2.45) is 11.8 Å². The quantitative estimate of drug-likeness (QED) is 0.751. The van der Waals surface area contributed by atoms with Gasteiger partial charge < -0.3 is 15.0 Å². The lowest BCUT2D eigenvalue weighted by molar-refractivity contribution is -0.133. The minimum absolute atomic E-state index is 0.0781. The number of hydrogen-bond donors (Lipinski definition) is 1. The average molecular weight is 375 g/mol. The van der Waals surface area contributed by atoms with Crippen LogP contribution in [0.25, 0.3) is 0 Å². The number of rotatable bonds is 8. The first kappa shape index (κ1) is 21.3. The van der Waals surface area contributed by atoms with Crippen LogP contribution in [-0.4, -0.2) is 42.5 Å². The van der Waals surface area contributed by atoms with E-state index in [-0.39, 0.29) is 17.9 Å². The van der Waals surface area contributed by atoms with E-state index in [1.165, 1.54) is 0 Å². The topological polar surface area (TPSA) is 58.6 Å². The van der Waals surface area contributed by atoms with Gasteiger partial charge in [-0.1, -0.05) is 26.0 Å². The van der Waals surface area contributed by atoms with E-state index in [4.69, 9.17) is 4.74 Å². The highest BCUT2D eigenvalue weighted by Crippen LogP contribution is 2.23. The fourth-order valence-corrected chi connectivity index (χ4v) is 3.33. The van der Waals surface area contributed by atoms with Gasteiger partial charge in [0.15, 0.2) is 0 Å². The van der Waals surface area contributed by atoms with Gasteiger partial charge in [0, 0.05) is 31.5 Å². The third-order valence-corrected chi connectivity index (χ3v) is 4.83. The Morgan fingerprint density at radius 1 is 1.22 bits per heavy atom. The van der Waals surface area contributed by atoms with Crippen molar-refractivity contribution in [1.29, 1.82) is 0 Å². The van der Waals surface area contributed by atoms with Crippen LogP contribution in [0.4, 0.5) is 0 Å². The highest BCUT2D eigenvalue weighted by molar-refractivity contribution is 5.97. The van der Waals surface area contributed by atoms with Crippen molar-refractivity contribution in [2.45, 2.75) is 59.4 Å². The van der Waals surface area contributed by atoms with Crippen LogP contribution in [0.2, 0.25) is 0 Å². The minimum atomic E-state index is -0.116. The minimum Gasteiger partial charge on any atom is -0.492 e. The number of nitrogens with one attached hydrogen (secondary N) is 1. The molecule has 150 valence electrons. The summed E-state index contributed by atoms with van der Waals surface area (Å²) < 4.78 is 6.01. The third-order valence-electron chi connectivity index (χ3n) is 4.83. The SMILES string of the molecule is CC(C)CCC(=O)N1CCCC(COc2ccccc2C(=O)NC(C)C)C1. The van der Waals surface area contributed by atoms with Gasteiger partial charge in [-0.25, -0.2) is 0 Å². The molecule has 1 aliphatic heterocycles. The molecular weight excluding hydrogens is 340 g/mol. The molecule has 2 rings (SSSR count). The Morgan fingerprint density at radius 2 is 1.96 bits per heavy atom. The number of likely N-dealkylation sites (tertiary alicyclic amines) is 1. The van der Waals surface area contributed by atoms with E-state index in [2.05, 4.69) is 19.2 Å². The molecule has 1 fully saturated rings. The molecule has 1 unspecified atom stereocenters. The van der Waals surface area contributed by atoms with Crippen molar-refractivity contribution in [3.8, 4) is 5.75 Å². The van der Waals surface area contributed by atoms with Gasteiger partial charge in [-0.2, -0.15) is 0 Å². The monoisotopic (exact) mass is 374 g/mol. The van der Waals surface area contributed by atoms with Crippen molar-refractivity contribution >= 4 is 11.8 Å². The van der Waals surface area contributed by atoms with E-state index in [1.54, 1.807) is 6.07 Å². The van der Waals surface area contributed by atoms with E-state index in [1.807, 2.05) is 36.9 Å². The number of para-hydroxylation sites is 1. The van der Waals surface area contributed by atoms with Crippen LogP contribution in [0.15, 0.2) is 24.3 Å². The highest BCUT2D eigenvalue weighted by Gasteiger charge is 2.24. The number of carbonyl (C=O) groups excluding carboxylic acids is 2. The van der Waals surface area contributed by atoms with Gasteiger partial charge in [-0.3, -0.25) is 9.59 Å². The summed E-state index contributed by atoms with van der Waals surface area (Å²) in [5.41, 5.74) is 0.562. The normalized spacial score (nSPS) is 17.3. The lowest BCUT2D eigenvalue weighted by atomic mass is 9.98. The predicted molar refractivity (Wildman–Crippen MR) is 108 cm³/mol. The summed E-state index contributed by atoms with van der Waals surface area (Å²) in [7, 11) is 0. The first-order valence-electron chi connectivity index (χ1n) is 10.2. The summed E-state index contributed by atoms with van der Waals surface area (Å²) in [4.78, 5) is 26.7. The van der Waals surface area contributed by atoms with Crippen LogP contribution in [0.1, 0.15) is 63.7 Å². The second-order valence-electron chi connectivity index (χ2n) is 8.22. The molecule has 1 heterocycles. The summed E-state index contributed by atoms with van der Waals surface area (Å²) in [5, 5.41) is 2.91. The van der Waals surface area contributed by atoms with Crippen molar-refractivity contribution in [2.75, 3.05) is 19.7 Å². The van der Waals surface area contributed by atoms with Gasteiger partial charge in [-0.15, -0.1) is 0 Å². The Hall–Kier alpha value is -2.04. The zero-order valence-electron chi connectivity index (χ0n) is 17.2. The maximum Gasteiger partial charge on any atom is 0.255 e. The summed E-state index contributed by atoms with van der Waals surface area (Å²) in [6.07, 6.45) is 3.63. The third kappa shape index (κ3) is 6.89. The van der Waals surface area contributed by atoms with Crippen LogP contribution in [0.3, 0.4) is 0 Å². The second kappa shape index (κ2) is 10.3. The zero-order valence-corrected chi connectivity index (χ0v) is 17.2. The molecule has 0 bridgehead atoms. The molecule has 0 spiro atoms. The number of hydrogen-bond acceptors (Lipinski definition) is 3. The molecule has 1 aromatic carbocycles. The average Bonchev–Trinajstić information content (AvgIpc) is 2.64. The maximum atomic E-state index is 12.4. The predicted octanol–water partition coefficient (Wildman–Crippen LogP) is 3.88. The van der Waals surface area contributed by atoms with E-state index in [0.29, 0.717) is 36.2 Å². The van der Waals surface area contributed by atoms with Crippen LogP contribution >= 0.6 is 0 Å². The largest absolute Gasteiger partial charge is 0.492 e. The molecule has 5 nitrogen and oxygen atoms in total. The van der Waals surface area contributed by atoms with E-state index in [9.17, 15) is 9.59 Å². The molecule has 1 atom stereocenters. The first-order valence-corrected chi connectivity index (χ1v) is 10.2. The van der Waals surface area contributed by atoms with Crippen LogP contribution < -0.4 is 10.1 Å². The van der Waals surface area contributed by atoms with Gasteiger partial charge in [0.05, 0.1) is 12.2 Å². The Kier molecular flexibility index (Phi) is 8.14. The molecule has 0 saturated carbocycles. The summed E-state index contributed by atoms with van der Waals surface area (Å²) in [5.74, 6) is 1.60. The van der Waals surface area contributed by atoms with Gasteiger partial charge in [0.2, 0.25) is 5.91 Å². The fourth-order valence-electron chi connectivity index (χ4n) is 3.33. The zero-order chi connectivity index (χ0) is 19.8. The van der Waals surface area contributed by atoms with Crippen molar-refractivity contribution < 1.29 is 14.3 Å². The van der Waals surface area contributed by atoms with Gasteiger partial charge in [-0.05, 0) is 51.2 Å². The molecule has 1 saturated heterocycles. The number of ether oxygens (including phenoxy) is 1. The number of carbonyl (C=O) groups is 2. The molecule has 0 aliphatic carbocycles. The Bertz CT molecular complexity index is 628. The molecular formula is C22H34N2O3. The van der Waals surface area contributed by atoms with Gasteiger partial charge in [0.1, 0.15) is 5.75 Å². The molecule has 0 aromatic heterocycles. The molecule has 5 heteroatoms. The lowest BCUT2D eigenvalue weighted by Crippen LogP contribution is -2.41.